The molecule has 3 rings (SSSR count). The second-order valence-electron chi connectivity index (χ2n) is 5.66. The zero-order chi connectivity index (χ0) is 11.9. The molecule has 0 aromatic carbocycles. The summed E-state index contributed by atoms with van der Waals surface area (Å²) in [5.74, 6) is 3.13. The van der Waals surface area contributed by atoms with Crippen LogP contribution in [-0.4, -0.2) is 23.2 Å². The fourth-order valence-electron chi connectivity index (χ4n) is 2.91. The summed E-state index contributed by atoms with van der Waals surface area (Å²) < 4.78 is 5.56. The number of hydrogen-bond acceptors (Lipinski definition) is 4. The van der Waals surface area contributed by atoms with E-state index in [-0.39, 0.29) is 5.41 Å². The topological polar surface area (TPSA) is 51.0 Å². The molecule has 0 radical (unpaired) electrons. The highest BCUT2D eigenvalue weighted by atomic mass is 16.5. The van der Waals surface area contributed by atoms with Gasteiger partial charge in [0.05, 0.1) is 5.41 Å². The van der Waals surface area contributed by atoms with E-state index >= 15 is 0 Å². The first-order valence-electron chi connectivity index (χ1n) is 6.80. The Kier molecular flexibility index (Phi) is 2.69. The highest BCUT2D eigenvalue weighted by molar-refractivity contribution is 5.12. The van der Waals surface area contributed by atoms with Crippen molar-refractivity contribution in [2.75, 3.05) is 13.1 Å². The lowest BCUT2D eigenvalue weighted by Crippen LogP contribution is -2.39. The molecule has 17 heavy (non-hydrogen) atoms. The summed E-state index contributed by atoms with van der Waals surface area (Å²) >= 11 is 0. The van der Waals surface area contributed by atoms with Crippen LogP contribution in [0.2, 0.25) is 0 Å². The van der Waals surface area contributed by atoms with Crippen molar-refractivity contribution in [1.29, 1.82) is 0 Å². The molecular formula is C13H21N3O. The van der Waals surface area contributed by atoms with Gasteiger partial charge in [-0.15, -0.1) is 0 Å². The molecule has 2 fully saturated rings. The summed E-state index contributed by atoms with van der Waals surface area (Å²) in [6.07, 6.45) is 4.55. The number of hydrogen-bond donors (Lipinski definition) is 1. The van der Waals surface area contributed by atoms with E-state index in [0.717, 1.165) is 50.0 Å². The van der Waals surface area contributed by atoms with Gasteiger partial charge in [-0.05, 0) is 44.7 Å². The molecule has 1 N–H and O–H groups in total. The Hall–Kier alpha value is -0.900. The SMILES string of the molecule is CCC1(c2nc(C3CC3C)no2)CCNCC1. The highest BCUT2D eigenvalue weighted by Gasteiger charge is 2.42. The minimum atomic E-state index is 0.134. The summed E-state index contributed by atoms with van der Waals surface area (Å²) in [6, 6.07) is 0. The molecule has 2 atom stereocenters. The largest absolute Gasteiger partial charge is 0.339 e. The Morgan fingerprint density at radius 1 is 1.41 bits per heavy atom. The van der Waals surface area contributed by atoms with E-state index in [9.17, 15) is 0 Å². The number of nitrogens with one attached hydrogen (secondary N) is 1. The first-order valence-corrected chi connectivity index (χ1v) is 6.80. The zero-order valence-electron chi connectivity index (χ0n) is 10.7. The van der Waals surface area contributed by atoms with Crippen LogP contribution in [0.25, 0.3) is 0 Å². The third-order valence-corrected chi connectivity index (χ3v) is 4.57. The molecule has 0 spiro atoms. The summed E-state index contributed by atoms with van der Waals surface area (Å²) in [5, 5.41) is 7.59. The van der Waals surface area contributed by atoms with Crippen molar-refractivity contribution in [2.45, 2.75) is 50.9 Å². The maximum Gasteiger partial charge on any atom is 0.232 e. The maximum absolute atomic E-state index is 5.56. The molecule has 1 aromatic rings. The highest BCUT2D eigenvalue weighted by Crippen LogP contribution is 2.46. The van der Waals surface area contributed by atoms with Crippen molar-refractivity contribution < 1.29 is 4.52 Å². The first kappa shape index (κ1) is 11.2. The molecule has 4 nitrogen and oxygen atoms in total. The Balaban J connectivity index is 1.83. The summed E-state index contributed by atoms with van der Waals surface area (Å²) in [7, 11) is 0. The van der Waals surface area contributed by atoms with E-state index in [1.807, 2.05) is 0 Å². The predicted molar refractivity (Wildman–Crippen MR) is 64.9 cm³/mol. The van der Waals surface area contributed by atoms with Crippen LogP contribution in [0.4, 0.5) is 0 Å². The van der Waals surface area contributed by atoms with Crippen molar-refractivity contribution in [1.82, 2.24) is 15.5 Å². The van der Waals surface area contributed by atoms with Crippen molar-refractivity contribution in [3.8, 4) is 0 Å². The smallest absolute Gasteiger partial charge is 0.232 e. The molecule has 1 saturated carbocycles. The van der Waals surface area contributed by atoms with Crippen molar-refractivity contribution >= 4 is 0 Å². The van der Waals surface area contributed by atoms with Crippen LogP contribution in [-0.2, 0) is 5.41 Å². The van der Waals surface area contributed by atoms with Gasteiger partial charge in [0, 0.05) is 5.92 Å². The molecule has 2 heterocycles. The van der Waals surface area contributed by atoms with Crippen molar-refractivity contribution in [3.63, 3.8) is 0 Å². The predicted octanol–water partition coefficient (Wildman–Crippen LogP) is 2.22. The molecule has 94 valence electrons. The molecular weight excluding hydrogens is 214 g/mol. The lowest BCUT2D eigenvalue weighted by Gasteiger charge is -2.33. The Morgan fingerprint density at radius 2 is 2.12 bits per heavy atom. The van der Waals surface area contributed by atoms with Crippen LogP contribution >= 0.6 is 0 Å². The molecule has 4 heteroatoms. The van der Waals surface area contributed by atoms with Gasteiger partial charge in [0.15, 0.2) is 5.82 Å². The van der Waals surface area contributed by atoms with Gasteiger partial charge in [-0.3, -0.25) is 0 Å². The van der Waals surface area contributed by atoms with Gasteiger partial charge in [-0.2, -0.15) is 4.98 Å². The fraction of sp³-hybridized carbons (Fsp3) is 0.846. The van der Waals surface area contributed by atoms with Gasteiger partial charge < -0.3 is 9.84 Å². The Morgan fingerprint density at radius 3 is 2.71 bits per heavy atom. The van der Waals surface area contributed by atoms with E-state index in [1.165, 1.54) is 6.42 Å². The molecule has 0 amide bonds. The van der Waals surface area contributed by atoms with Crippen LogP contribution in [0.5, 0.6) is 0 Å². The maximum atomic E-state index is 5.56. The molecule has 0 bridgehead atoms. The zero-order valence-corrected chi connectivity index (χ0v) is 10.7. The minimum absolute atomic E-state index is 0.134. The van der Waals surface area contributed by atoms with Gasteiger partial charge in [0.1, 0.15) is 0 Å². The van der Waals surface area contributed by atoms with Crippen molar-refractivity contribution in [2.24, 2.45) is 5.92 Å². The van der Waals surface area contributed by atoms with Gasteiger partial charge in [-0.1, -0.05) is 19.0 Å². The minimum Gasteiger partial charge on any atom is -0.339 e. The van der Waals surface area contributed by atoms with Crippen LogP contribution in [0.1, 0.15) is 57.2 Å². The van der Waals surface area contributed by atoms with Gasteiger partial charge in [-0.25, -0.2) is 0 Å². The van der Waals surface area contributed by atoms with Gasteiger partial charge in [0.2, 0.25) is 5.89 Å². The number of rotatable bonds is 3. The first-order chi connectivity index (χ1) is 8.25. The summed E-state index contributed by atoms with van der Waals surface area (Å²) in [4.78, 5) is 4.68. The number of nitrogens with zero attached hydrogens (tertiary/aromatic N) is 2. The molecule has 2 aliphatic rings. The molecule has 1 aromatic heterocycles. The number of aromatic nitrogens is 2. The lowest BCUT2D eigenvalue weighted by molar-refractivity contribution is 0.216. The van der Waals surface area contributed by atoms with E-state index in [4.69, 9.17) is 4.52 Å². The van der Waals surface area contributed by atoms with Crippen LogP contribution < -0.4 is 5.32 Å². The third kappa shape index (κ3) is 1.88. The number of piperidine rings is 1. The van der Waals surface area contributed by atoms with Crippen LogP contribution in [0.15, 0.2) is 4.52 Å². The normalized spacial score (nSPS) is 31.4. The monoisotopic (exact) mass is 235 g/mol. The average molecular weight is 235 g/mol. The lowest BCUT2D eigenvalue weighted by atomic mass is 9.76. The molecule has 1 saturated heterocycles. The van der Waals surface area contributed by atoms with Gasteiger partial charge >= 0.3 is 0 Å². The molecule has 1 aliphatic heterocycles. The second kappa shape index (κ2) is 4.09. The summed E-state index contributed by atoms with van der Waals surface area (Å²) in [5.41, 5.74) is 0.134. The molecule has 2 unspecified atom stereocenters. The van der Waals surface area contributed by atoms with E-state index in [1.54, 1.807) is 0 Å². The van der Waals surface area contributed by atoms with E-state index < -0.39 is 0 Å². The van der Waals surface area contributed by atoms with Crippen molar-refractivity contribution in [3.05, 3.63) is 11.7 Å². The average Bonchev–Trinajstić information content (AvgIpc) is 2.92. The van der Waals surface area contributed by atoms with Crippen LogP contribution in [0, 0.1) is 5.92 Å². The van der Waals surface area contributed by atoms with Gasteiger partial charge in [0.25, 0.3) is 0 Å². The Bertz CT molecular complexity index is 395. The third-order valence-electron chi connectivity index (χ3n) is 4.57. The standard InChI is InChI=1S/C13H21N3O/c1-3-13(4-6-14-7-5-13)12-15-11(16-17-12)10-8-9(10)2/h9-10,14H,3-8H2,1-2H3. The summed E-state index contributed by atoms with van der Waals surface area (Å²) in [6.45, 7) is 6.60. The van der Waals surface area contributed by atoms with E-state index in [0.29, 0.717) is 5.92 Å². The van der Waals surface area contributed by atoms with Crippen LogP contribution in [0.3, 0.4) is 0 Å². The Labute approximate surface area is 102 Å². The fourth-order valence-corrected chi connectivity index (χ4v) is 2.91. The molecule has 1 aliphatic carbocycles. The quantitative estimate of drug-likeness (QED) is 0.872. The van der Waals surface area contributed by atoms with E-state index in [2.05, 4.69) is 29.3 Å². The second-order valence-corrected chi connectivity index (χ2v) is 5.66.